The van der Waals surface area contributed by atoms with Gasteiger partial charge < -0.3 is 10.6 Å². The standard InChI is InChI=1S/C15H23N5O2/c1-11(21)17-14-6-9-20(18-14)12-5-8-19(10-12)13-4-2-3-7-16-15(13)22/h6,9,12-13H,2-5,7-8,10H2,1H3,(H,16,22)(H,17,18,21)/t12-,13-/m1/s1. The molecule has 2 fully saturated rings. The molecule has 2 aliphatic rings. The van der Waals surface area contributed by atoms with Gasteiger partial charge in [-0.1, -0.05) is 0 Å². The minimum Gasteiger partial charge on any atom is -0.355 e. The van der Waals surface area contributed by atoms with Crippen molar-refractivity contribution in [2.45, 2.75) is 44.7 Å². The Morgan fingerprint density at radius 2 is 2.27 bits per heavy atom. The lowest BCUT2D eigenvalue weighted by atomic mass is 10.1. The number of nitrogens with zero attached hydrogens (tertiary/aromatic N) is 3. The molecule has 0 aliphatic carbocycles. The zero-order valence-corrected chi connectivity index (χ0v) is 12.9. The largest absolute Gasteiger partial charge is 0.355 e. The van der Waals surface area contributed by atoms with E-state index in [1.54, 1.807) is 0 Å². The van der Waals surface area contributed by atoms with E-state index in [1.165, 1.54) is 6.92 Å². The highest BCUT2D eigenvalue weighted by molar-refractivity contribution is 5.87. The molecule has 0 unspecified atom stereocenters. The number of anilines is 1. The summed E-state index contributed by atoms with van der Waals surface area (Å²) in [5, 5.41) is 10.1. The van der Waals surface area contributed by atoms with Crippen LogP contribution in [0.3, 0.4) is 0 Å². The lowest BCUT2D eigenvalue weighted by molar-refractivity contribution is -0.125. The van der Waals surface area contributed by atoms with Gasteiger partial charge in [-0.3, -0.25) is 19.2 Å². The molecule has 120 valence electrons. The Balaban J connectivity index is 1.62. The van der Waals surface area contributed by atoms with Gasteiger partial charge in [0.2, 0.25) is 11.8 Å². The van der Waals surface area contributed by atoms with Crippen LogP contribution in [0.4, 0.5) is 5.82 Å². The molecule has 22 heavy (non-hydrogen) atoms. The Bertz CT molecular complexity index is 556. The minimum atomic E-state index is -0.117. The van der Waals surface area contributed by atoms with Gasteiger partial charge >= 0.3 is 0 Å². The van der Waals surface area contributed by atoms with Crippen molar-refractivity contribution in [2.75, 3.05) is 25.0 Å². The summed E-state index contributed by atoms with van der Waals surface area (Å²) in [6, 6.07) is 2.07. The van der Waals surface area contributed by atoms with Gasteiger partial charge in [0, 0.05) is 38.8 Å². The maximum atomic E-state index is 12.1. The first kappa shape index (κ1) is 15.0. The van der Waals surface area contributed by atoms with Crippen LogP contribution in [0.1, 0.15) is 38.6 Å². The second-order valence-electron chi connectivity index (χ2n) is 6.10. The van der Waals surface area contributed by atoms with Crippen LogP contribution >= 0.6 is 0 Å². The molecule has 7 heteroatoms. The number of carbonyl (C=O) groups excluding carboxylic acids is 2. The number of hydrogen-bond acceptors (Lipinski definition) is 4. The van der Waals surface area contributed by atoms with Crippen LogP contribution in [0.5, 0.6) is 0 Å². The Labute approximate surface area is 130 Å². The molecule has 3 heterocycles. The van der Waals surface area contributed by atoms with Crippen molar-refractivity contribution in [3.05, 3.63) is 12.3 Å². The summed E-state index contributed by atoms with van der Waals surface area (Å²) < 4.78 is 1.90. The molecule has 2 saturated heterocycles. The summed E-state index contributed by atoms with van der Waals surface area (Å²) in [5.74, 6) is 0.629. The molecule has 2 amide bonds. The van der Waals surface area contributed by atoms with Gasteiger partial charge in [-0.15, -0.1) is 0 Å². The second kappa shape index (κ2) is 6.48. The van der Waals surface area contributed by atoms with E-state index >= 15 is 0 Å². The Morgan fingerprint density at radius 1 is 1.41 bits per heavy atom. The molecule has 0 radical (unpaired) electrons. The third-order valence-corrected chi connectivity index (χ3v) is 4.43. The first-order valence-corrected chi connectivity index (χ1v) is 7.98. The third-order valence-electron chi connectivity index (χ3n) is 4.43. The van der Waals surface area contributed by atoms with Crippen LogP contribution in [0, 0.1) is 0 Å². The zero-order chi connectivity index (χ0) is 15.5. The summed E-state index contributed by atoms with van der Waals surface area (Å²) in [4.78, 5) is 25.5. The van der Waals surface area contributed by atoms with Crippen LogP contribution in [0.25, 0.3) is 0 Å². The summed E-state index contributed by atoms with van der Waals surface area (Å²) in [5.41, 5.74) is 0. The number of amides is 2. The van der Waals surface area contributed by atoms with Crippen molar-refractivity contribution < 1.29 is 9.59 Å². The summed E-state index contributed by atoms with van der Waals surface area (Å²) in [6.07, 6.45) is 5.98. The predicted molar refractivity (Wildman–Crippen MR) is 82.4 cm³/mol. The summed E-state index contributed by atoms with van der Waals surface area (Å²) >= 11 is 0. The highest BCUT2D eigenvalue weighted by Crippen LogP contribution is 2.26. The molecule has 3 rings (SSSR count). The first-order chi connectivity index (χ1) is 10.6. The average molecular weight is 305 g/mol. The number of aromatic nitrogens is 2. The van der Waals surface area contributed by atoms with E-state index in [0.717, 1.165) is 45.3 Å². The van der Waals surface area contributed by atoms with Gasteiger partial charge in [-0.05, 0) is 25.7 Å². The highest BCUT2D eigenvalue weighted by atomic mass is 16.2. The van der Waals surface area contributed by atoms with E-state index < -0.39 is 0 Å². The van der Waals surface area contributed by atoms with Crippen molar-refractivity contribution in [1.29, 1.82) is 0 Å². The van der Waals surface area contributed by atoms with E-state index in [4.69, 9.17) is 0 Å². The van der Waals surface area contributed by atoms with E-state index in [-0.39, 0.29) is 23.9 Å². The Kier molecular flexibility index (Phi) is 4.42. The van der Waals surface area contributed by atoms with E-state index in [0.29, 0.717) is 5.82 Å². The van der Waals surface area contributed by atoms with Crippen molar-refractivity contribution in [2.24, 2.45) is 0 Å². The number of hydrogen-bond donors (Lipinski definition) is 2. The molecule has 0 spiro atoms. The molecule has 2 N–H and O–H groups in total. The molecule has 1 aromatic rings. The van der Waals surface area contributed by atoms with Crippen LogP contribution in [0.15, 0.2) is 12.3 Å². The van der Waals surface area contributed by atoms with Gasteiger partial charge in [0.25, 0.3) is 0 Å². The SMILES string of the molecule is CC(=O)Nc1ccn([C@@H]2CCN([C@@H]3CCCCNC3=O)C2)n1. The van der Waals surface area contributed by atoms with Crippen LogP contribution in [0.2, 0.25) is 0 Å². The lowest BCUT2D eigenvalue weighted by Crippen LogP contribution is -2.44. The Morgan fingerprint density at radius 3 is 3.09 bits per heavy atom. The molecule has 2 atom stereocenters. The number of carbonyl (C=O) groups is 2. The molecule has 0 bridgehead atoms. The van der Waals surface area contributed by atoms with Crippen LogP contribution in [-0.2, 0) is 9.59 Å². The summed E-state index contributed by atoms with van der Waals surface area (Å²) in [7, 11) is 0. The zero-order valence-electron chi connectivity index (χ0n) is 12.9. The fraction of sp³-hybridized carbons (Fsp3) is 0.667. The monoisotopic (exact) mass is 305 g/mol. The van der Waals surface area contributed by atoms with Crippen molar-refractivity contribution >= 4 is 17.6 Å². The quantitative estimate of drug-likeness (QED) is 0.864. The summed E-state index contributed by atoms with van der Waals surface area (Å²) in [6.45, 7) is 4.02. The molecule has 2 aliphatic heterocycles. The van der Waals surface area contributed by atoms with E-state index in [2.05, 4.69) is 20.6 Å². The van der Waals surface area contributed by atoms with E-state index in [9.17, 15) is 9.59 Å². The van der Waals surface area contributed by atoms with Gasteiger partial charge in [0.15, 0.2) is 5.82 Å². The van der Waals surface area contributed by atoms with Crippen LogP contribution < -0.4 is 10.6 Å². The molecular weight excluding hydrogens is 282 g/mol. The topological polar surface area (TPSA) is 79.3 Å². The molecule has 0 saturated carbocycles. The van der Waals surface area contributed by atoms with Gasteiger partial charge in [0.1, 0.15) is 0 Å². The van der Waals surface area contributed by atoms with Gasteiger partial charge in [-0.25, -0.2) is 0 Å². The third kappa shape index (κ3) is 3.30. The maximum absolute atomic E-state index is 12.1. The number of rotatable bonds is 3. The molecular formula is C15H23N5O2. The van der Waals surface area contributed by atoms with Crippen molar-refractivity contribution in [3.63, 3.8) is 0 Å². The van der Waals surface area contributed by atoms with Gasteiger partial charge in [-0.2, -0.15) is 5.10 Å². The normalized spacial score (nSPS) is 26.5. The highest BCUT2D eigenvalue weighted by Gasteiger charge is 2.33. The predicted octanol–water partition coefficient (Wildman–Crippen LogP) is 0.757. The Hall–Kier alpha value is -1.89. The van der Waals surface area contributed by atoms with Gasteiger partial charge in [0.05, 0.1) is 12.1 Å². The fourth-order valence-corrected chi connectivity index (χ4v) is 3.33. The van der Waals surface area contributed by atoms with Crippen LogP contribution in [-0.4, -0.2) is 52.2 Å². The first-order valence-electron chi connectivity index (χ1n) is 7.98. The number of nitrogens with one attached hydrogen (secondary N) is 2. The van der Waals surface area contributed by atoms with Crippen molar-refractivity contribution in [3.8, 4) is 0 Å². The molecule has 0 aromatic carbocycles. The smallest absolute Gasteiger partial charge is 0.237 e. The average Bonchev–Trinajstić information content (AvgIpc) is 3.06. The maximum Gasteiger partial charge on any atom is 0.237 e. The van der Waals surface area contributed by atoms with E-state index in [1.807, 2.05) is 16.9 Å². The lowest BCUT2D eigenvalue weighted by Gasteiger charge is -2.25. The molecule has 1 aromatic heterocycles. The number of likely N-dealkylation sites (tertiary alicyclic amines) is 1. The molecule has 7 nitrogen and oxygen atoms in total. The minimum absolute atomic E-state index is 0.00197. The fourth-order valence-electron chi connectivity index (χ4n) is 3.33. The van der Waals surface area contributed by atoms with Crippen molar-refractivity contribution in [1.82, 2.24) is 20.0 Å². The second-order valence-corrected chi connectivity index (χ2v) is 6.10.